The molecule has 2 aliphatic rings. The second-order valence-corrected chi connectivity index (χ2v) is 14.2. The van der Waals surface area contributed by atoms with Gasteiger partial charge in [0.2, 0.25) is 0 Å². The predicted octanol–water partition coefficient (Wildman–Crippen LogP) is 10.0. The lowest BCUT2D eigenvalue weighted by atomic mass is 9.67. The standard InChI is InChI=1S/C40H55NO4/c1-28(13-11-14-29(2)18-21-37-32(5)24-35(42)26-39(37,7)8)17-20-34(41(44)45)23-31(4)16-12-15-30(3)19-22-38-33(6)25-36(43)27-40(38,9)10/h11-24,35-37,42-43H,25-27H2,1-10H3/b13-11+,16-12+,21-18+,22-19+,28-17+,29-14+,30-15+,31-23+,34-20+/t35-,36+,37-/m0/s1. The van der Waals surface area contributed by atoms with Crippen molar-refractivity contribution in [2.45, 2.75) is 101 Å². The maximum Gasteiger partial charge on any atom is 0.269 e. The van der Waals surface area contributed by atoms with Crippen molar-refractivity contribution in [3.8, 4) is 0 Å². The van der Waals surface area contributed by atoms with Crippen molar-refractivity contribution in [3.05, 3.63) is 140 Å². The fourth-order valence-corrected chi connectivity index (χ4v) is 6.33. The van der Waals surface area contributed by atoms with Gasteiger partial charge in [-0.25, -0.2) is 0 Å². The zero-order valence-corrected chi connectivity index (χ0v) is 29.1. The zero-order chi connectivity index (χ0) is 33.9. The van der Waals surface area contributed by atoms with Crippen LogP contribution in [0.1, 0.15) is 88.5 Å². The van der Waals surface area contributed by atoms with Crippen LogP contribution in [0.25, 0.3) is 0 Å². The van der Waals surface area contributed by atoms with Crippen molar-refractivity contribution in [2.24, 2.45) is 16.7 Å². The van der Waals surface area contributed by atoms with Gasteiger partial charge in [-0.2, -0.15) is 0 Å². The molecule has 3 atom stereocenters. The number of aliphatic hydroxyl groups excluding tert-OH is 2. The Morgan fingerprint density at radius 1 is 0.844 bits per heavy atom. The molecule has 244 valence electrons. The molecule has 0 aliphatic heterocycles. The third-order valence-corrected chi connectivity index (χ3v) is 8.60. The Hall–Kier alpha value is -3.54. The van der Waals surface area contributed by atoms with Gasteiger partial charge in [0.1, 0.15) is 0 Å². The lowest BCUT2D eigenvalue weighted by Crippen LogP contribution is -2.32. The maximum atomic E-state index is 11.7. The van der Waals surface area contributed by atoms with Gasteiger partial charge >= 0.3 is 0 Å². The minimum atomic E-state index is -0.376. The lowest BCUT2D eigenvalue weighted by Gasteiger charge is -2.38. The van der Waals surface area contributed by atoms with Crippen LogP contribution in [0.4, 0.5) is 0 Å². The highest BCUT2D eigenvalue weighted by Gasteiger charge is 2.34. The van der Waals surface area contributed by atoms with E-state index >= 15 is 0 Å². The molecule has 0 aromatic rings. The zero-order valence-electron chi connectivity index (χ0n) is 29.1. The summed E-state index contributed by atoms with van der Waals surface area (Å²) < 4.78 is 0. The van der Waals surface area contributed by atoms with Crippen LogP contribution in [0, 0.1) is 26.9 Å². The highest BCUT2D eigenvalue weighted by molar-refractivity contribution is 5.38. The fourth-order valence-electron chi connectivity index (χ4n) is 6.33. The molecule has 0 aromatic carbocycles. The Morgan fingerprint density at radius 2 is 1.42 bits per heavy atom. The van der Waals surface area contributed by atoms with E-state index in [0.29, 0.717) is 6.42 Å². The molecule has 0 fully saturated rings. The summed E-state index contributed by atoms with van der Waals surface area (Å²) in [5, 5.41) is 31.9. The second kappa shape index (κ2) is 16.7. The quantitative estimate of drug-likeness (QED) is 0.105. The van der Waals surface area contributed by atoms with Crippen LogP contribution >= 0.6 is 0 Å². The molecule has 5 heteroatoms. The fraction of sp³-hybridized carbons (Fsp3) is 0.450. The molecule has 0 saturated carbocycles. The van der Waals surface area contributed by atoms with E-state index in [2.05, 4.69) is 65.8 Å². The number of rotatable bonds is 11. The first-order valence-electron chi connectivity index (χ1n) is 15.9. The van der Waals surface area contributed by atoms with Crippen LogP contribution in [0.3, 0.4) is 0 Å². The van der Waals surface area contributed by atoms with E-state index < -0.39 is 0 Å². The number of allylic oxidation sites excluding steroid dienone is 19. The molecule has 0 saturated heterocycles. The van der Waals surface area contributed by atoms with Gasteiger partial charge in [0.15, 0.2) is 0 Å². The van der Waals surface area contributed by atoms with Gasteiger partial charge in [-0.1, -0.05) is 128 Å². The molecule has 0 spiro atoms. The summed E-state index contributed by atoms with van der Waals surface area (Å²) in [5.74, 6) is 0.279. The normalized spacial score (nSPS) is 25.7. The van der Waals surface area contributed by atoms with Crippen LogP contribution in [0.2, 0.25) is 0 Å². The number of hydrogen-bond acceptors (Lipinski definition) is 4. The molecule has 5 nitrogen and oxygen atoms in total. The summed E-state index contributed by atoms with van der Waals surface area (Å²) in [6.07, 6.45) is 28.6. The minimum Gasteiger partial charge on any atom is -0.393 e. The van der Waals surface area contributed by atoms with Gasteiger partial charge in [-0.3, -0.25) is 10.1 Å². The monoisotopic (exact) mass is 613 g/mol. The summed E-state index contributed by atoms with van der Waals surface area (Å²) >= 11 is 0. The molecule has 2 aliphatic carbocycles. The van der Waals surface area contributed by atoms with Crippen molar-refractivity contribution in [1.29, 1.82) is 0 Å². The van der Waals surface area contributed by atoms with Gasteiger partial charge < -0.3 is 10.2 Å². The molecular formula is C40H55NO4. The average Bonchev–Trinajstić information content (AvgIpc) is 2.88. The van der Waals surface area contributed by atoms with E-state index in [9.17, 15) is 20.3 Å². The summed E-state index contributed by atoms with van der Waals surface area (Å²) in [7, 11) is 0. The summed E-state index contributed by atoms with van der Waals surface area (Å²) in [6.45, 7) is 20.7. The smallest absolute Gasteiger partial charge is 0.269 e. The van der Waals surface area contributed by atoms with E-state index in [4.69, 9.17) is 0 Å². The molecule has 0 radical (unpaired) electrons. The van der Waals surface area contributed by atoms with Gasteiger partial charge in [0.05, 0.1) is 17.1 Å². The van der Waals surface area contributed by atoms with E-state index in [0.717, 1.165) is 35.1 Å². The Balaban J connectivity index is 2.06. The minimum absolute atomic E-state index is 0.00325. The third kappa shape index (κ3) is 12.4. The van der Waals surface area contributed by atoms with Gasteiger partial charge in [0, 0.05) is 18.1 Å². The van der Waals surface area contributed by atoms with Crippen molar-refractivity contribution >= 4 is 0 Å². The van der Waals surface area contributed by atoms with E-state index in [-0.39, 0.29) is 39.6 Å². The van der Waals surface area contributed by atoms with Crippen molar-refractivity contribution in [3.63, 3.8) is 0 Å². The maximum absolute atomic E-state index is 11.7. The summed E-state index contributed by atoms with van der Waals surface area (Å²) in [6, 6.07) is 0. The van der Waals surface area contributed by atoms with Crippen molar-refractivity contribution < 1.29 is 15.1 Å². The van der Waals surface area contributed by atoms with Crippen molar-refractivity contribution in [2.75, 3.05) is 0 Å². The number of nitro groups is 1. The third-order valence-electron chi connectivity index (χ3n) is 8.60. The molecule has 2 rings (SSSR count). The molecule has 0 bridgehead atoms. The van der Waals surface area contributed by atoms with E-state index in [1.807, 2.05) is 70.2 Å². The van der Waals surface area contributed by atoms with Crippen LogP contribution in [-0.2, 0) is 0 Å². The van der Waals surface area contributed by atoms with Crippen LogP contribution in [0.15, 0.2) is 130 Å². The highest BCUT2D eigenvalue weighted by Crippen LogP contribution is 2.42. The molecule has 0 unspecified atom stereocenters. The van der Waals surface area contributed by atoms with Crippen LogP contribution in [0.5, 0.6) is 0 Å². The summed E-state index contributed by atoms with van der Waals surface area (Å²) in [5.41, 5.74) is 7.50. The largest absolute Gasteiger partial charge is 0.393 e. The SMILES string of the molecule is CC1=C[C@H](O)CC(C)(C)[C@H]1/C=C/C(C)=C/C=C/C(C)=C/C=C(\C=C(C)\C=C\C=C(C)\C=C\C1=C(C)C[C@@H](O)CC1(C)C)[N+](=O)[O-]. The Labute approximate surface area is 272 Å². The first-order valence-corrected chi connectivity index (χ1v) is 15.9. The van der Waals surface area contributed by atoms with Crippen LogP contribution in [-0.4, -0.2) is 27.3 Å². The Bertz CT molecular complexity index is 1430. The molecule has 0 heterocycles. The number of aliphatic hydroxyl groups is 2. The van der Waals surface area contributed by atoms with Gasteiger partial charge in [0.25, 0.3) is 5.70 Å². The van der Waals surface area contributed by atoms with Crippen LogP contribution < -0.4 is 0 Å². The Morgan fingerprint density at radius 3 is 2.00 bits per heavy atom. The molecular weight excluding hydrogens is 558 g/mol. The van der Waals surface area contributed by atoms with Gasteiger partial charge in [-0.15, -0.1) is 0 Å². The Kier molecular flexibility index (Phi) is 14.0. The lowest BCUT2D eigenvalue weighted by molar-refractivity contribution is -0.419. The van der Waals surface area contributed by atoms with Crippen molar-refractivity contribution in [1.82, 2.24) is 0 Å². The molecule has 2 N–H and O–H groups in total. The second-order valence-electron chi connectivity index (χ2n) is 14.2. The first-order chi connectivity index (χ1) is 20.9. The summed E-state index contributed by atoms with van der Waals surface area (Å²) in [4.78, 5) is 11.3. The topological polar surface area (TPSA) is 83.6 Å². The predicted molar refractivity (Wildman–Crippen MR) is 190 cm³/mol. The van der Waals surface area contributed by atoms with Gasteiger partial charge in [-0.05, 0) is 82.8 Å². The average molecular weight is 614 g/mol. The molecule has 0 aromatic heterocycles. The molecule has 0 amide bonds. The number of hydrogen-bond donors (Lipinski definition) is 2. The first kappa shape index (κ1) is 37.6. The van der Waals surface area contributed by atoms with E-state index in [1.165, 1.54) is 22.8 Å². The highest BCUT2D eigenvalue weighted by atomic mass is 16.6. The number of nitrogens with zero attached hydrogens (tertiary/aromatic N) is 1. The molecule has 45 heavy (non-hydrogen) atoms. The van der Waals surface area contributed by atoms with E-state index in [1.54, 1.807) is 12.2 Å².